The van der Waals surface area contributed by atoms with Crippen LogP contribution in [0.1, 0.15) is 11.4 Å². The smallest absolute Gasteiger partial charge is 0.310 e. The molecule has 88 valence electrons. The van der Waals surface area contributed by atoms with E-state index in [4.69, 9.17) is 4.74 Å². The molecule has 16 heavy (non-hydrogen) atoms. The van der Waals surface area contributed by atoms with Crippen molar-refractivity contribution in [3.05, 3.63) is 27.9 Å². The molecule has 0 atom stereocenters. The number of carbonyl (C=O) groups excluding carboxylic acids is 1. The number of aromatic nitrogens is 2. The van der Waals surface area contributed by atoms with E-state index < -0.39 is 5.97 Å². The molecular formula is C10H14N2O4. The van der Waals surface area contributed by atoms with Gasteiger partial charge in [-0.15, -0.1) is 0 Å². The van der Waals surface area contributed by atoms with E-state index >= 15 is 0 Å². The third-order valence-electron chi connectivity index (χ3n) is 2.03. The van der Waals surface area contributed by atoms with Gasteiger partial charge in [0.05, 0.1) is 20.1 Å². The largest absolute Gasteiger partial charge is 0.469 e. The van der Waals surface area contributed by atoms with Crippen molar-refractivity contribution in [1.29, 1.82) is 0 Å². The van der Waals surface area contributed by atoms with Gasteiger partial charge in [-0.05, 0) is 0 Å². The summed E-state index contributed by atoms with van der Waals surface area (Å²) in [5, 5.41) is 0. The summed E-state index contributed by atoms with van der Waals surface area (Å²) < 4.78 is 9.33. The summed E-state index contributed by atoms with van der Waals surface area (Å²) in [6.07, 6.45) is 1.86. The lowest BCUT2D eigenvalue weighted by molar-refractivity contribution is -0.139. The Balaban J connectivity index is 2.75. The van der Waals surface area contributed by atoms with Gasteiger partial charge in [0.2, 0.25) is 0 Å². The topological polar surface area (TPSA) is 81.3 Å². The van der Waals surface area contributed by atoms with Crippen LogP contribution in [-0.4, -0.2) is 36.8 Å². The fourth-order valence-electron chi connectivity index (χ4n) is 1.14. The van der Waals surface area contributed by atoms with E-state index in [-0.39, 0.29) is 12.0 Å². The highest BCUT2D eigenvalue weighted by Crippen LogP contribution is 1.94. The predicted molar refractivity (Wildman–Crippen MR) is 56.2 cm³/mol. The van der Waals surface area contributed by atoms with E-state index in [1.807, 2.05) is 0 Å². The molecule has 0 aromatic carbocycles. The van der Waals surface area contributed by atoms with Crippen LogP contribution < -0.4 is 5.56 Å². The van der Waals surface area contributed by atoms with Crippen molar-refractivity contribution >= 4 is 5.97 Å². The van der Waals surface area contributed by atoms with Crippen molar-refractivity contribution in [2.75, 3.05) is 20.8 Å². The maximum absolute atomic E-state index is 11.5. The predicted octanol–water partition coefficient (Wildman–Crippen LogP) is -0.326. The Kier molecular flexibility index (Phi) is 4.65. The van der Waals surface area contributed by atoms with Gasteiger partial charge >= 0.3 is 5.97 Å². The summed E-state index contributed by atoms with van der Waals surface area (Å²) in [6.45, 7) is 0.485. The fraction of sp³-hybridized carbons (Fsp3) is 0.500. The summed E-state index contributed by atoms with van der Waals surface area (Å²) in [4.78, 5) is 29.1. The highest BCUT2D eigenvalue weighted by Gasteiger charge is 2.08. The van der Waals surface area contributed by atoms with Gasteiger partial charge in [0.1, 0.15) is 5.82 Å². The van der Waals surface area contributed by atoms with E-state index in [0.29, 0.717) is 24.4 Å². The molecule has 0 aliphatic heterocycles. The van der Waals surface area contributed by atoms with E-state index in [0.717, 1.165) is 0 Å². The van der Waals surface area contributed by atoms with Crippen LogP contribution in [0.3, 0.4) is 0 Å². The van der Waals surface area contributed by atoms with Crippen LogP contribution in [0.25, 0.3) is 0 Å². The number of aromatic amines is 1. The minimum Gasteiger partial charge on any atom is -0.469 e. The molecule has 6 nitrogen and oxygen atoms in total. The third-order valence-corrected chi connectivity index (χ3v) is 2.03. The Bertz CT molecular complexity index is 414. The molecule has 0 spiro atoms. The SMILES string of the molecule is COCCc1ncc(CC(=O)OC)c(=O)[nH]1. The van der Waals surface area contributed by atoms with Gasteiger partial charge in [-0.25, -0.2) is 4.98 Å². The first-order chi connectivity index (χ1) is 7.67. The summed E-state index contributed by atoms with van der Waals surface area (Å²) >= 11 is 0. The number of H-pyrrole nitrogens is 1. The average molecular weight is 226 g/mol. The Labute approximate surface area is 92.6 Å². The molecule has 0 aliphatic carbocycles. The second-order valence-electron chi connectivity index (χ2n) is 3.18. The van der Waals surface area contributed by atoms with Crippen LogP contribution >= 0.6 is 0 Å². The van der Waals surface area contributed by atoms with Crippen LogP contribution in [0.4, 0.5) is 0 Å². The van der Waals surface area contributed by atoms with Gasteiger partial charge in [0.15, 0.2) is 0 Å². The number of ether oxygens (including phenoxy) is 2. The number of carbonyl (C=O) groups is 1. The van der Waals surface area contributed by atoms with Gasteiger partial charge < -0.3 is 14.5 Å². The molecule has 0 unspecified atom stereocenters. The van der Waals surface area contributed by atoms with Crippen molar-refractivity contribution in [3.8, 4) is 0 Å². The van der Waals surface area contributed by atoms with Crippen LogP contribution in [0.15, 0.2) is 11.0 Å². The van der Waals surface area contributed by atoms with Crippen molar-refractivity contribution in [3.63, 3.8) is 0 Å². The quantitative estimate of drug-likeness (QED) is 0.695. The van der Waals surface area contributed by atoms with E-state index in [1.54, 1.807) is 7.11 Å². The summed E-state index contributed by atoms with van der Waals surface area (Å²) in [6, 6.07) is 0. The Morgan fingerprint density at radius 2 is 2.25 bits per heavy atom. The molecule has 1 rings (SSSR count). The standard InChI is InChI=1S/C10H14N2O4/c1-15-4-3-8-11-6-7(10(14)12-8)5-9(13)16-2/h6H,3-5H2,1-2H3,(H,11,12,14). The molecule has 0 amide bonds. The van der Waals surface area contributed by atoms with Crippen molar-refractivity contribution < 1.29 is 14.3 Å². The van der Waals surface area contributed by atoms with E-state index in [1.165, 1.54) is 13.3 Å². The van der Waals surface area contributed by atoms with Crippen LogP contribution in [0.5, 0.6) is 0 Å². The molecule has 1 N–H and O–H groups in total. The van der Waals surface area contributed by atoms with Crippen LogP contribution in [-0.2, 0) is 27.1 Å². The second kappa shape index (κ2) is 6.02. The van der Waals surface area contributed by atoms with Gasteiger partial charge in [-0.3, -0.25) is 9.59 Å². The molecule has 0 radical (unpaired) electrons. The zero-order valence-electron chi connectivity index (χ0n) is 9.28. The fourth-order valence-corrected chi connectivity index (χ4v) is 1.14. The number of nitrogens with one attached hydrogen (secondary N) is 1. The minimum absolute atomic E-state index is 0.0661. The molecule has 0 saturated carbocycles. The molecule has 6 heteroatoms. The molecule has 1 aromatic rings. The normalized spacial score (nSPS) is 10.1. The third kappa shape index (κ3) is 3.47. The highest BCUT2D eigenvalue weighted by molar-refractivity contribution is 5.72. The van der Waals surface area contributed by atoms with E-state index in [2.05, 4.69) is 14.7 Å². The van der Waals surface area contributed by atoms with Crippen molar-refractivity contribution in [1.82, 2.24) is 9.97 Å². The lowest BCUT2D eigenvalue weighted by Crippen LogP contribution is -2.20. The van der Waals surface area contributed by atoms with Crippen LogP contribution in [0.2, 0.25) is 0 Å². The average Bonchev–Trinajstić information content (AvgIpc) is 2.29. The Hall–Kier alpha value is -1.69. The lowest BCUT2D eigenvalue weighted by atomic mass is 10.2. The first-order valence-corrected chi connectivity index (χ1v) is 4.80. The number of rotatable bonds is 5. The molecule has 0 bridgehead atoms. The number of hydrogen-bond acceptors (Lipinski definition) is 5. The molecule has 0 aliphatic rings. The van der Waals surface area contributed by atoms with Gasteiger partial charge in [-0.2, -0.15) is 0 Å². The zero-order chi connectivity index (χ0) is 12.0. The number of methoxy groups -OCH3 is 2. The number of esters is 1. The number of hydrogen-bond donors (Lipinski definition) is 1. The second-order valence-corrected chi connectivity index (χ2v) is 3.18. The van der Waals surface area contributed by atoms with Crippen LogP contribution in [0, 0.1) is 0 Å². The van der Waals surface area contributed by atoms with E-state index in [9.17, 15) is 9.59 Å². The maximum atomic E-state index is 11.5. The molecule has 0 fully saturated rings. The summed E-state index contributed by atoms with van der Waals surface area (Å²) in [5.41, 5.74) is -0.0143. The zero-order valence-corrected chi connectivity index (χ0v) is 9.28. The highest BCUT2D eigenvalue weighted by atomic mass is 16.5. The Morgan fingerprint density at radius 1 is 1.50 bits per heavy atom. The first kappa shape index (κ1) is 12.4. The van der Waals surface area contributed by atoms with Crippen molar-refractivity contribution in [2.24, 2.45) is 0 Å². The minimum atomic E-state index is -0.461. The van der Waals surface area contributed by atoms with Gasteiger partial charge in [-0.1, -0.05) is 0 Å². The molecule has 1 heterocycles. The molecule has 1 aromatic heterocycles. The molecule has 0 saturated heterocycles. The summed E-state index contributed by atoms with van der Waals surface area (Å²) in [5.74, 6) is 0.0809. The maximum Gasteiger partial charge on any atom is 0.310 e. The monoisotopic (exact) mass is 226 g/mol. The lowest BCUT2D eigenvalue weighted by Gasteiger charge is -2.02. The Morgan fingerprint density at radius 3 is 2.81 bits per heavy atom. The van der Waals surface area contributed by atoms with Gasteiger partial charge in [0, 0.05) is 25.3 Å². The van der Waals surface area contributed by atoms with Gasteiger partial charge in [0.25, 0.3) is 5.56 Å². The number of nitrogens with zero attached hydrogens (tertiary/aromatic N) is 1. The van der Waals surface area contributed by atoms with Crippen molar-refractivity contribution in [2.45, 2.75) is 12.8 Å². The summed E-state index contributed by atoms with van der Waals surface area (Å²) in [7, 11) is 2.85. The first-order valence-electron chi connectivity index (χ1n) is 4.80. The molecular weight excluding hydrogens is 212 g/mol.